The van der Waals surface area contributed by atoms with Crippen molar-refractivity contribution < 1.29 is 0 Å². The smallest absolute Gasteiger partial charge is 0.00460 e. The summed E-state index contributed by atoms with van der Waals surface area (Å²) in [6, 6.07) is 0. The van der Waals surface area contributed by atoms with Crippen molar-refractivity contribution in [2.45, 2.75) is 201 Å². The highest BCUT2D eigenvalue weighted by Gasteiger charge is 2.54. The Labute approximate surface area is 300 Å². The van der Waals surface area contributed by atoms with Crippen molar-refractivity contribution in [2.75, 3.05) is 19.6 Å². The summed E-state index contributed by atoms with van der Waals surface area (Å²) in [7, 11) is 0. The van der Waals surface area contributed by atoms with Gasteiger partial charge in [0.25, 0.3) is 0 Å². The van der Waals surface area contributed by atoms with Crippen molar-refractivity contribution in [3.8, 4) is 0 Å². The molecule has 3 rings (SSSR count). The van der Waals surface area contributed by atoms with Crippen LogP contribution >= 0.6 is 0 Å². The number of hydrogen-bond acceptors (Lipinski definition) is 2. The molecule has 0 radical (unpaired) electrons. The molecule has 47 heavy (non-hydrogen) atoms. The molecular formula is C45H94N2. The van der Waals surface area contributed by atoms with E-state index in [2.05, 4.69) is 59.0 Å². The highest BCUT2D eigenvalue weighted by Crippen LogP contribution is 2.63. The van der Waals surface area contributed by atoms with Crippen molar-refractivity contribution in [1.82, 2.24) is 5.32 Å². The zero-order chi connectivity index (χ0) is 35.5. The maximum atomic E-state index is 5.60. The molecule has 0 heterocycles. The van der Waals surface area contributed by atoms with Crippen molar-refractivity contribution in [3.63, 3.8) is 0 Å². The predicted octanol–water partition coefficient (Wildman–Crippen LogP) is 14.4. The first kappa shape index (κ1) is 50.8. The van der Waals surface area contributed by atoms with Crippen molar-refractivity contribution >= 4 is 0 Å². The summed E-state index contributed by atoms with van der Waals surface area (Å²) in [5.41, 5.74) is 9.45. The molecule has 2 nitrogen and oxygen atoms in total. The summed E-state index contributed by atoms with van der Waals surface area (Å²) < 4.78 is 0. The van der Waals surface area contributed by atoms with Crippen molar-refractivity contribution in [2.24, 2.45) is 52.6 Å². The van der Waals surface area contributed by atoms with E-state index in [0.717, 1.165) is 67.5 Å². The molecule has 0 amide bonds. The van der Waals surface area contributed by atoms with E-state index in [1.54, 1.807) is 11.1 Å². The Hall–Kier alpha value is -0.600. The van der Waals surface area contributed by atoms with E-state index in [9.17, 15) is 0 Å². The number of rotatable bonds is 13. The van der Waals surface area contributed by atoms with Gasteiger partial charge in [-0.3, -0.25) is 0 Å². The Kier molecular flexibility index (Phi) is 33.9. The summed E-state index contributed by atoms with van der Waals surface area (Å²) in [5, 5.41) is 3.59. The molecule has 284 valence electrons. The van der Waals surface area contributed by atoms with Crippen LogP contribution in [0, 0.1) is 46.8 Å². The maximum Gasteiger partial charge on any atom is -0.00460 e. The lowest BCUT2D eigenvalue weighted by atomic mass is 9.53. The zero-order valence-corrected chi connectivity index (χ0v) is 34.5. The Bertz CT molecular complexity index is 736. The topological polar surface area (TPSA) is 38.0 Å². The van der Waals surface area contributed by atoms with Crippen LogP contribution in [0.3, 0.4) is 0 Å². The second-order valence-electron chi connectivity index (χ2n) is 14.7. The Balaban J connectivity index is -0.00000199. The second-order valence-corrected chi connectivity index (χ2v) is 14.7. The van der Waals surface area contributed by atoms with Gasteiger partial charge in [0.2, 0.25) is 0 Å². The fourth-order valence-electron chi connectivity index (χ4n) is 9.12. The van der Waals surface area contributed by atoms with Crippen LogP contribution in [-0.4, -0.2) is 19.6 Å². The van der Waals surface area contributed by atoms with Gasteiger partial charge in [-0.15, -0.1) is 0 Å². The SMILES string of the molecule is C.C/C1=C\C(=C\CCCNCCCCN)CCC(C)C2CCC3(C)C(C(C)CCCC(C)C)CCC3C2CC1.CC.CC.CC.CC. The molecule has 0 aromatic heterocycles. The molecule has 0 saturated heterocycles. The lowest BCUT2D eigenvalue weighted by Crippen LogP contribution is -2.44. The van der Waals surface area contributed by atoms with Crippen LogP contribution in [0.25, 0.3) is 0 Å². The highest BCUT2D eigenvalue weighted by molar-refractivity contribution is 5.23. The average Bonchev–Trinajstić information content (AvgIpc) is 3.44. The number of nitrogens with two attached hydrogens (primary N) is 1. The first-order valence-corrected chi connectivity index (χ1v) is 21.0. The molecule has 3 N–H and O–H groups in total. The molecule has 2 fully saturated rings. The predicted molar refractivity (Wildman–Crippen MR) is 220 cm³/mol. The van der Waals surface area contributed by atoms with E-state index in [1.165, 1.54) is 89.9 Å². The third-order valence-corrected chi connectivity index (χ3v) is 11.4. The molecular weight excluding hydrogens is 569 g/mol. The minimum Gasteiger partial charge on any atom is -0.330 e. The Morgan fingerprint density at radius 1 is 0.809 bits per heavy atom. The van der Waals surface area contributed by atoms with Gasteiger partial charge in [0.15, 0.2) is 0 Å². The first-order valence-electron chi connectivity index (χ1n) is 21.0. The van der Waals surface area contributed by atoms with Crippen LogP contribution in [0.5, 0.6) is 0 Å². The van der Waals surface area contributed by atoms with Gasteiger partial charge in [0.05, 0.1) is 0 Å². The zero-order valence-electron chi connectivity index (χ0n) is 34.5. The molecule has 0 aromatic carbocycles. The molecule has 0 spiro atoms. The second kappa shape index (κ2) is 31.4. The van der Waals surface area contributed by atoms with Crippen molar-refractivity contribution in [3.05, 3.63) is 23.3 Å². The summed E-state index contributed by atoms with van der Waals surface area (Å²) in [6.07, 6.45) is 25.7. The normalized spacial score (nSPS) is 29.2. The monoisotopic (exact) mass is 663 g/mol. The molecule has 7 unspecified atom stereocenters. The van der Waals surface area contributed by atoms with Gasteiger partial charge in [-0.25, -0.2) is 0 Å². The minimum atomic E-state index is 0. The van der Waals surface area contributed by atoms with E-state index in [4.69, 9.17) is 5.73 Å². The molecule has 0 aromatic rings. The van der Waals surface area contributed by atoms with E-state index in [-0.39, 0.29) is 7.43 Å². The van der Waals surface area contributed by atoms with Gasteiger partial charge < -0.3 is 11.1 Å². The largest absolute Gasteiger partial charge is 0.330 e. The molecule has 7 atom stereocenters. The highest BCUT2D eigenvalue weighted by atomic mass is 14.8. The summed E-state index contributed by atoms with van der Waals surface area (Å²) in [4.78, 5) is 0. The van der Waals surface area contributed by atoms with Crippen LogP contribution in [0.4, 0.5) is 0 Å². The quantitative estimate of drug-likeness (QED) is 0.193. The number of unbranched alkanes of at least 4 members (excludes halogenated alkanes) is 2. The summed E-state index contributed by atoms with van der Waals surface area (Å²) >= 11 is 0. The third-order valence-electron chi connectivity index (χ3n) is 11.4. The maximum absolute atomic E-state index is 5.60. The van der Waals surface area contributed by atoms with Gasteiger partial charge >= 0.3 is 0 Å². The molecule has 3 aliphatic rings. The van der Waals surface area contributed by atoms with Gasteiger partial charge in [-0.2, -0.15) is 0 Å². The first-order chi connectivity index (χ1) is 22.3. The number of fused-ring (bicyclic) bond motifs is 3. The third kappa shape index (κ3) is 18.3. The molecule has 0 aliphatic heterocycles. The van der Waals surface area contributed by atoms with Crippen LogP contribution < -0.4 is 11.1 Å². The molecule has 2 heteroatoms. The van der Waals surface area contributed by atoms with E-state index < -0.39 is 0 Å². The number of hydrogen-bond donors (Lipinski definition) is 2. The molecule has 2 saturated carbocycles. The van der Waals surface area contributed by atoms with Crippen LogP contribution in [0.15, 0.2) is 23.3 Å². The van der Waals surface area contributed by atoms with E-state index in [1.807, 2.05) is 55.4 Å². The number of nitrogens with one attached hydrogen (secondary N) is 1. The summed E-state index contributed by atoms with van der Waals surface area (Å²) in [6.45, 7) is 34.2. The Morgan fingerprint density at radius 2 is 1.45 bits per heavy atom. The van der Waals surface area contributed by atoms with Crippen LogP contribution in [-0.2, 0) is 0 Å². The minimum absolute atomic E-state index is 0. The van der Waals surface area contributed by atoms with Gasteiger partial charge in [0.1, 0.15) is 0 Å². The average molecular weight is 663 g/mol. The van der Waals surface area contributed by atoms with Crippen LogP contribution in [0.2, 0.25) is 0 Å². The number of allylic oxidation sites excluding steroid dienone is 4. The van der Waals surface area contributed by atoms with Crippen molar-refractivity contribution in [1.29, 1.82) is 0 Å². The fraction of sp³-hybridized carbons (Fsp3) is 0.911. The molecule has 3 aliphatic carbocycles. The fourth-order valence-corrected chi connectivity index (χ4v) is 9.12. The summed E-state index contributed by atoms with van der Waals surface area (Å²) in [5.74, 6) is 6.48. The van der Waals surface area contributed by atoms with Gasteiger partial charge in [-0.1, -0.05) is 140 Å². The van der Waals surface area contributed by atoms with Gasteiger partial charge in [0, 0.05) is 0 Å². The van der Waals surface area contributed by atoms with E-state index in [0.29, 0.717) is 5.41 Å². The lowest BCUT2D eigenvalue weighted by molar-refractivity contribution is -0.0249. The van der Waals surface area contributed by atoms with E-state index >= 15 is 0 Å². The van der Waals surface area contributed by atoms with Crippen LogP contribution in [0.1, 0.15) is 201 Å². The molecule has 0 bridgehead atoms. The lowest BCUT2D eigenvalue weighted by Gasteiger charge is -2.52. The van der Waals surface area contributed by atoms with Gasteiger partial charge in [-0.05, 0) is 150 Å². The standard InChI is InChI=1S/C36H66N2.4C2H6.CH4/c1-27(2)12-11-13-30(5)34-19-20-35-33-18-15-28(3)26-31(14-7-9-24-38-25-10-8-23-37)17-16-29(4)32(33)21-22-36(34,35)6;4*1-2;/h14,26-27,29-30,32-35,38H,7-13,15-25,37H2,1-6H3;4*1-2H3;1H4/b28-26+,31-14+;;;;;. The Morgan fingerprint density at radius 3 is 2.06 bits per heavy atom.